The first-order chi connectivity index (χ1) is 15.0. The van der Waals surface area contributed by atoms with Gasteiger partial charge in [-0.15, -0.1) is 11.3 Å². The number of amides is 2. The summed E-state index contributed by atoms with van der Waals surface area (Å²) in [6.45, 7) is 6.03. The van der Waals surface area contributed by atoms with E-state index in [1.807, 2.05) is 30.3 Å². The summed E-state index contributed by atoms with van der Waals surface area (Å²) < 4.78 is 6.60. The van der Waals surface area contributed by atoms with E-state index in [1.165, 1.54) is 11.3 Å². The van der Waals surface area contributed by atoms with Gasteiger partial charge in [-0.25, -0.2) is 9.78 Å². The van der Waals surface area contributed by atoms with Crippen LogP contribution in [0, 0.1) is 6.92 Å². The van der Waals surface area contributed by atoms with Crippen molar-refractivity contribution in [1.29, 1.82) is 0 Å². The molecule has 0 radical (unpaired) electrons. The molecule has 1 fully saturated rings. The van der Waals surface area contributed by atoms with Crippen LogP contribution in [0.1, 0.15) is 27.7 Å². The highest BCUT2D eigenvalue weighted by molar-refractivity contribution is 7.20. The zero-order valence-corrected chi connectivity index (χ0v) is 18.4. The molecule has 1 aliphatic rings. The Kier molecular flexibility index (Phi) is 6.03. The molecule has 2 aromatic heterocycles. The summed E-state index contributed by atoms with van der Waals surface area (Å²) in [7, 11) is 0. The van der Waals surface area contributed by atoms with Crippen molar-refractivity contribution in [1.82, 2.24) is 19.4 Å². The smallest absolute Gasteiger partial charge is 0.409 e. The number of ether oxygens (including phenoxy) is 1. The van der Waals surface area contributed by atoms with Gasteiger partial charge in [-0.3, -0.25) is 14.2 Å². The van der Waals surface area contributed by atoms with E-state index in [-0.39, 0.29) is 17.6 Å². The fourth-order valence-corrected chi connectivity index (χ4v) is 4.81. The van der Waals surface area contributed by atoms with Crippen LogP contribution in [0.25, 0.3) is 10.2 Å². The second-order valence-electron chi connectivity index (χ2n) is 7.38. The molecule has 162 valence electrons. The van der Waals surface area contributed by atoms with Gasteiger partial charge >= 0.3 is 6.09 Å². The van der Waals surface area contributed by atoms with Crippen molar-refractivity contribution in [2.45, 2.75) is 20.4 Å². The molecule has 9 heteroatoms. The number of carbonyl (C=O) groups is 2. The lowest BCUT2D eigenvalue weighted by atomic mass is 10.2. The summed E-state index contributed by atoms with van der Waals surface area (Å²) in [4.78, 5) is 47.0. The first-order valence-electron chi connectivity index (χ1n) is 10.2. The number of aromatic nitrogens is 2. The Morgan fingerprint density at radius 1 is 1.10 bits per heavy atom. The molecule has 0 unspecified atom stereocenters. The molecule has 1 aromatic carbocycles. The first kappa shape index (κ1) is 21.0. The van der Waals surface area contributed by atoms with Gasteiger partial charge < -0.3 is 14.5 Å². The molecule has 0 bridgehead atoms. The molecule has 0 atom stereocenters. The highest BCUT2D eigenvalue weighted by atomic mass is 32.1. The van der Waals surface area contributed by atoms with E-state index in [9.17, 15) is 14.4 Å². The minimum Gasteiger partial charge on any atom is -0.450 e. The van der Waals surface area contributed by atoms with Crippen molar-refractivity contribution in [3.8, 4) is 0 Å². The van der Waals surface area contributed by atoms with Gasteiger partial charge in [0, 0.05) is 26.2 Å². The Bertz CT molecular complexity index is 1160. The maximum atomic E-state index is 13.1. The van der Waals surface area contributed by atoms with Crippen molar-refractivity contribution in [3.05, 3.63) is 63.0 Å². The van der Waals surface area contributed by atoms with E-state index < -0.39 is 0 Å². The number of benzene rings is 1. The van der Waals surface area contributed by atoms with Gasteiger partial charge in [0.2, 0.25) is 0 Å². The molecule has 1 saturated heterocycles. The van der Waals surface area contributed by atoms with Crippen LogP contribution in [0.5, 0.6) is 0 Å². The van der Waals surface area contributed by atoms with Crippen LogP contribution in [0.4, 0.5) is 4.79 Å². The van der Waals surface area contributed by atoms with E-state index in [0.29, 0.717) is 60.0 Å². The van der Waals surface area contributed by atoms with E-state index in [4.69, 9.17) is 4.74 Å². The zero-order chi connectivity index (χ0) is 22.0. The molecule has 0 aliphatic carbocycles. The highest BCUT2D eigenvalue weighted by Gasteiger charge is 2.28. The Morgan fingerprint density at radius 3 is 2.45 bits per heavy atom. The summed E-state index contributed by atoms with van der Waals surface area (Å²) in [5.74, 6) is -0.127. The molecule has 31 heavy (non-hydrogen) atoms. The number of nitrogens with zero attached hydrogens (tertiary/aromatic N) is 4. The average molecular weight is 441 g/mol. The highest BCUT2D eigenvalue weighted by Crippen LogP contribution is 2.28. The lowest BCUT2D eigenvalue weighted by Gasteiger charge is -2.33. The second kappa shape index (κ2) is 8.89. The third kappa shape index (κ3) is 4.18. The molecule has 4 rings (SSSR count). The minimum absolute atomic E-state index is 0.127. The maximum Gasteiger partial charge on any atom is 0.409 e. The number of fused-ring (bicyclic) bond motifs is 1. The fraction of sp³-hybridized carbons (Fsp3) is 0.364. The Hall–Kier alpha value is -3.20. The number of piperazine rings is 1. The third-order valence-electron chi connectivity index (χ3n) is 5.40. The van der Waals surface area contributed by atoms with Crippen LogP contribution in [-0.4, -0.2) is 64.1 Å². The lowest BCUT2D eigenvalue weighted by molar-refractivity contribution is 0.0574. The summed E-state index contributed by atoms with van der Waals surface area (Å²) in [6.07, 6.45) is 1.19. The van der Waals surface area contributed by atoms with Gasteiger partial charge in [0.05, 0.1) is 29.7 Å². The number of hydrogen-bond donors (Lipinski definition) is 0. The monoisotopic (exact) mass is 440 g/mol. The van der Waals surface area contributed by atoms with E-state index >= 15 is 0 Å². The molecular weight excluding hydrogens is 416 g/mol. The Morgan fingerprint density at radius 2 is 1.77 bits per heavy atom. The standard InChI is InChI=1S/C22H24N4O4S/c1-3-30-22(29)25-11-9-24(10-12-25)21(28)18-15(2)17-19(31-18)23-14-26(20(17)27)13-16-7-5-4-6-8-16/h4-8,14H,3,9-13H2,1-2H3. The average Bonchev–Trinajstić information content (AvgIpc) is 3.13. The molecule has 3 aromatic rings. The zero-order valence-electron chi connectivity index (χ0n) is 17.5. The second-order valence-corrected chi connectivity index (χ2v) is 8.38. The van der Waals surface area contributed by atoms with Crippen LogP contribution in [0.3, 0.4) is 0 Å². The van der Waals surface area contributed by atoms with E-state index in [1.54, 1.807) is 34.5 Å². The van der Waals surface area contributed by atoms with Crippen molar-refractivity contribution in [2.24, 2.45) is 0 Å². The molecule has 0 saturated carbocycles. The van der Waals surface area contributed by atoms with E-state index in [0.717, 1.165) is 5.56 Å². The fourth-order valence-electron chi connectivity index (χ4n) is 3.71. The van der Waals surface area contributed by atoms with Crippen LogP contribution in [0.2, 0.25) is 0 Å². The third-order valence-corrected chi connectivity index (χ3v) is 6.59. The van der Waals surface area contributed by atoms with Gasteiger partial charge in [0.15, 0.2) is 0 Å². The molecule has 8 nitrogen and oxygen atoms in total. The van der Waals surface area contributed by atoms with Crippen LogP contribution in [0.15, 0.2) is 41.5 Å². The van der Waals surface area contributed by atoms with Gasteiger partial charge in [-0.1, -0.05) is 30.3 Å². The maximum absolute atomic E-state index is 13.1. The van der Waals surface area contributed by atoms with Gasteiger partial charge in [0.25, 0.3) is 11.5 Å². The molecule has 2 amide bonds. The first-order valence-corrected chi connectivity index (χ1v) is 11.0. The largest absolute Gasteiger partial charge is 0.450 e. The van der Waals surface area contributed by atoms with Crippen LogP contribution < -0.4 is 5.56 Å². The molecule has 0 spiro atoms. The van der Waals surface area contributed by atoms with Crippen molar-refractivity contribution >= 4 is 33.6 Å². The number of thiophene rings is 1. The molecule has 3 heterocycles. The van der Waals surface area contributed by atoms with Gasteiger partial charge in [-0.2, -0.15) is 0 Å². The van der Waals surface area contributed by atoms with E-state index in [2.05, 4.69) is 4.98 Å². The summed E-state index contributed by atoms with van der Waals surface area (Å²) in [5.41, 5.74) is 1.53. The molecule has 0 N–H and O–H groups in total. The Balaban J connectivity index is 1.55. The van der Waals surface area contributed by atoms with Crippen molar-refractivity contribution < 1.29 is 14.3 Å². The summed E-state index contributed by atoms with van der Waals surface area (Å²) in [6, 6.07) is 9.71. The van der Waals surface area contributed by atoms with Crippen LogP contribution in [-0.2, 0) is 11.3 Å². The van der Waals surface area contributed by atoms with Crippen LogP contribution >= 0.6 is 11.3 Å². The van der Waals surface area contributed by atoms with Crippen molar-refractivity contribution in [3.63, 3.8) is 0 Å². The number of rotatable bonds is 4. The molecule has 1 aliphatic heterocycles. The molecular formula is C22H24N4O4S. The number of aryl methyl sites for hydroxylation is 1. The SMILES string of the molecule is CCOC(=O)N1CCN(C(=O)c2sc3ncn(Cc4ccccc4)c(=O)c3c2C)CC1. The number of carbonyl (C=O) groups excluding carboxylic acids is 2. The Labute approximate surface area is 183 Å². The van der Waals surface area contributed by atoms with Gasteiger partial charge in [0.1, 0.15) is 4.83 Å². The van der Waals surface area contributed by atoms with Gasteiger partial charge in [-0.05, 0) is 25.0 Å². The summed E-state index contributed by atoms with van der Waals surface area (Å²) in [5, 5.41) is 0.497. The predicted octanol–water partition coefficient (Wildman–Crippen LogP) is 2.73. The normalized spacial score (nSPS) is 14.1. The van der Waals surface area contributed by atoms with Crippen molar-refractivity contribution in [2.75, 3.05) is 32.8 Å². The summed E-state index contributed by atoms with van der Waals surface area (Å²) >= 11 is 1.25. The quantitative estimate of drug-likeness (QED) is 0.623. The topological polar surface area (TPSA) is 84.7 Å². The lowest BCUT2D eigenvalue weighted by Crippen LogP contribution is -2.50. The minimum atomic E-state index is -0.351. The predicted molar refractivity (Wildman–Crippen MR) is 119 cm³/mol. The number of hydrogen-bond acceptors (Lipinski definition) is 6.